The van der Waals surface area contributed by atoms with E-state index in [9.17, 15) is 0 Å². The molecule has 2 aromatic rings. The molecule has 0 aliphatic carbocycles. The second kappa shape index (κ2) is 7.50. The molecule has 0 unspecified atom stereocenters. The number of para-hydroxylation sites is 1. The predicted molar refractivity (Wildman–Crippen MR) is 99.0 cm³/mol. The smallest absolute Gasteiger partial charge is 0.159 e. The van der Waals surface area contributed by atoms with Gasteiger partial charge in [0.05, 0.1) is 5.69 Å². The zero-order valence-electron chi connectivity index (χ0n) is 13.8. The predicted octanol–water partition coefficient (Wildman–Crippen LogP) is 5.31. The van der Waals surface area contributed by atoms with E-state index in [-0.39, 0.29) is 0 Å². The van der Waals surface area contributed by atoms with Gasteiger partial charge in [0.1, 0.15) is 0 Å². The third-order valence-corrected chi connectivity index (χ3v) is 4.56. The van der Waals surface area contributed by atoms with Gasteiger partial charge in [0, 0.05) is 5.75 Å². The van der Waals surface area contributed by atoms with Crippen LogP contribution in [0.4, 0.5) is 5.69 Å². The molecule has 2 nitrogen and oxygen atoms in total. The molecule has 2 N–H and O–H groups in total. The van der Waals surface area contributed by atoms with E-state index in [4.69, 9.17) is 5.73 Å². The van der Waals surface area contributed by atoms with Gasteiger partial charge in [0.15, 0.2) is 5.17 Å². The van der Waals surface area contributed by atoms with Crippen molar-refractivity contribution in [2.75, 3.05) is 0 Å². The molecule has 0 bridgehead atoms. The number of benzene rings is 2. The Bertz CT molecular complexity index is 637. The standard InChI is InChI=1S/C19H24N2S/c1-13(2)17-10-8-16(9-11-17)12-22-19(20)21-18-14(3)6-5-7-15(18)4/h5-11,13H,12H2,1-4H3,(H2,20,21). The van der Waals surface area contributed by atoms with Gasteiger partial charge in [0.25, 0.3) is 0 Å². The summed E-state index contributed by atoms with van der Waals surface area (Å²) in [6, 6.07) is 14.9. The van der Waals surface area contributed by atoms with Crippen LogP contribution < -0.4 is 5.73 Å². The van der Waals surface area contributed by atoms with Gasteiger partial charge in [0.2, 0.25) is 0 Å². The van der Waals surface area contributed by atoms with Crippen LogP contribution in [-0.2, 0) is 5.75 Å². The van der Waals surface area contributed by atoms with Crippen LogP contribution in [0.3, 0.4) is 0 Å². The molecule has 116 valence electrons. The lowest BCUT2D eigenvalue weighted by Crippen LogP contribution is -2.06. The number of rotatable bonds is 4. The van der Waals surface area contributed by atoms with Crippen molar-refractivity contribution in [3.05, 3.63) is 64.7 Å². The molecular formula is C19H24N2S. The Kier molecular flexibility index (Phi) is 5.67. The van der Waals surface area contributed by atoms with E-state index in [0.29, 0.717) is 11.1 Å². The first-order valence-corrected chi connectivity index (χ1v) is 8.58. The minimum absolute atomic E-state index is 0.567. The van der Waals surface area contributed by atoms with E-state index < -0.39 is 0 Å². The van der Waals surface area contributed by atoms with Gasteiger partial charge in [-0.3, -0.25) is 0 Å². The number of nitrogens with zero attached hydrogens (tertiary/aromatic N) is 1. The molecule has 0 atom stereocenters. The number of hydrogen-bond donors (Lipinski definition) is 1. The van der Waals surface area contributed by atoms with E-state index in [1.165, 1.54) is 11.1 Å². The quantitative estimate of drug-likeness (QED) is 0.614. The van der Waals surface area contributed by atoms with Gasteiger partial charge in [-0.25, -0.2) is 4.99 Å². The lowest BCUT2D eigenvalue weighted by molar-refractivity contribution is 0.866. The normalized spacial score (nSPS) is 12.0. The summed E-state index contributed by atoms with van der Waals surface area (Å²) in [4.78, 5) is 4.58. The fourth-order valence-corrected chi connectivity index (χ4v) is 2.94. The molecule has 0 spiro atoms. The van der Waals surface area contributed by atoms with Gasteiger partial charge in [-0.2, -0.15) is 0 Å². The van der Waals surface area contributed by atoms with Crippen molar-refractivity contribution in [1.82, 2.24) is 0 Å². The third-order valence-electron chi connectivity index (χ3n) is 3.69. The molecule has 3 heteroatoms. The zero-order chi connectivity index (χ0) is 16.1. The average Bonchev–Trinajstić information content (AvgIpc) is 2.49. The highest BCUT2D eigenvalue weighted by Gasteiger charge is 2.03. The molecule has 0 aromatic heterocycles. The average molecular weight is 312 g/mol. The number of aryl methyl sites for hydroxylation is 2. The maximum Gasteiger partial charge on any atom is 0.159 e. The van der Waals surface area contributed by atoms with Gasteiger partial charge >= 0.3 is 0 Å². The molecule has 0 heterocycles. The van der Waals surface area contributed by atoms with Crippen molar-refractivity contribution >= 4 is 22.6 Å². The SMILES string of the molecule is Cc1cccc(C)c1N=C(N)SCc1ccc(C(C)C)cc1. The van der Waals surface area contributed by atoms with Gasteiger partial charge in [-0.15, -0.1) is 0 Å². The summed E-state index contributed by atoms with van der Waals surface area (Å²) < 4.78 is 0. The summed E-state index contributed by atoms with van der Waals surface area (Å²) in [7, 11) is 0. The molecular weight excluding hydrogens is 288 g/mol. The summed E-state index contributed by atoms with van der Waals surface area (Å²) >= 11 is 1.58. The number of thioether (sulfide) groups is 1. The summed E-state index contributed by atoms with van der Waals surface area (Å²) in [6.45, 7) is 8.54. The van der Waals surface area contributed by atoms with Crippen molar-refractivity contribution in [3.8, 4) is 0 Å². The molecule has 0 fully saturated rings. The lowest BCUT2D eigenvalue weighted by Gasteiger charge is -2.08. The minimum Gasteiger partial charge on any atom is -0.378 e. The van der Waals surface area contributed by atoms with Crippen LogP contribution in [0.15, 0.2) is 47.5 Å². The van der Waals surface area contributed by atoms with E-state index in [1.807, 2.05) is 6.07 Å². The summed E-state index contributed by atoms with van der Waals surface area (Å²) in [5, 5.41) is 0.616. The van der Waals surface area contributed by atoms with E-state index >= 15 is 0 Å². The molecule has 22 heavy (non-hydrogen) atoms. The first kappa shape index (κ1) is 16.6. The van der Waals surface area contributed by atoms with E-state index in [2.05, 4.69) is 69.1 Å². The van der Waals surface area contributed by atoms with E-state index in [0.717, 1.165) is 22.6 Å². The summed E-state index contributed by atoms with van der Waals surface area (Å²) in [5.74, 6) is 1.41. The summed E-state index contributed by atoms with van der Waals surface area (Å²) in [5.41, 5.74) is 12.0. The first-order chi connectivity index (χ1) is 10.5. The van der Waals surface area contributed by atoms with Crippen LogP contribution in [0.25, 0.3) is 0 Å². The van der Waals surface area contributed by atoms with Gasteiger partial charge < -0.3 is 5.73 Å². The fraction of sp³-hybridized carbons (Fsp3) is 0.316. The molecule has 2 rings (SSSR count). The van der Waals surface area contributed by atoms with E-state index in [1.54, 1.807) is 11.8 Å². The van der Waals surface area contributed by atoms with Gasteiger partial charge in [-0.1, -0.05) is 68.1 Å². The Hall–Kier alpha value is -1.74. The maximum absolute atomic E-state index is 6.08. The van der Waals surface area contributed by atoms with Crippen LogP contribution in [-0.4, -0.2) is 5.17 Å². The maximum atomic E-state index is 6.08. The van der Waals surface area contributed by atoms with Crippen LogP contribution >= 0.6 is 11.8 Å². The Morgan fingerprint density at radius 2 is 1.64 bits per heavy atom. The van der Waals surface area contributed by atoms with Crippen molar-refractivity contribution in [1.29, 1.82) is 0 Å². The highest BCUT2D eigenvalue weighted by Crippen LogP contribution is 2.25. The van der Waals surface area contributed by atoms with Crippen molar-refractivity contribution in [2.45, 2.75) is 39.4 Å². The van der Waals surface area contributed by atoms with Crippen molar-refractivity contribution < 1.29 is 0 Å². The molecule has 0 aliphatic rings. The molecule has 0 aliphatic heterocycles. The highest BCUT2D eigenvalue weighted by molar-refractivity contribution is 8.13. The number of hydrogen-bond acceptors (Lipinski definition) is 2. The lowest BCUT2D eigenvalue weighted by atomic mass is 10.0. The molecule has 0 radical (unpaired) electrons. The number of aliphatic imine (C=N–C) groups is 1. The Morgan fingerprint density at radius 3 is 2.18 bits per heavy atom. The zero-order valence-corrected chi connectivity index (χ0v) is 14.6. The third kappa shape index (κ3) is 4.38. The first-order valence-electron chi connectivity index (χ1n) is 7.59. The van der Waals surface area contributed by atoms with Crippen LogP contribution in [0.5, 0.6) is 0 Å². The Labute approximate surface area is 137 Å². The van der Waals surface area contributed by atoms with Crippen LogP contribution in [0.2, 0.25) is 0 Å². The second-order valence-electron chi connectivity index (χ2n) is 5.88. The number of amidine groups is 1. The largest absolute Gasteiger partial charge is 0.378 e. The number of nitrogens with two attached hydrogens (primary N) is 1. The highest BCUT2D eigenvalue weighted by atomic mass is 32.2. The Morgan fingerprint density at radius 1 is 1.05 bits per heavy atom. The summed E-state index contributed by atoms with van der Waals surface area (Å²) in [6.07, 6.45) is 0. The topological polar surface area (TPSA) is 38.4 Å². The van der Waals surface area contributed by atoms with Crippen LogP contribution in [0, 0.1) is 13.8 Å². The monoisotopic (exact) mass is 312 g/mol. The Balaban J connectivity index is 2.03. The molecule has 0 amide bonds. The molecule has 2 aromatic carbocycles. The second-order valence-corrected chi connectivity index (χ2v) is 6.87. The molecule has 0 saturated carbocycles. The molecule has 0 saturated heterocycles. The van der Waals surface area contributed by atoms with Crippen molar-refractivity contribution in [3.63, 3.8) is 0 Å². The van der Waals surface area contributed by atoms with Crippen LogP contribution in [0.1, 0.15) is 42.0 Å². The van der Waals surface area contributed by atoms with Crippen molar-refractivity contribution in [2.24, 2.45) is 10.7 Å². The minimum atomic E-state index is 0.567. The fourth-order valence-electron chi connectivity index (χ4n) is 2.28. The van der Waals surface area contributed by atoms with Gasteiger partial charge in [-0.05, 0) is 42.0 Å².